The van der Waals surface area contributed by atoms with Crippen LogP contribution < -0.4 is 0 Å². The number of benzene rings is 2. The van der Waals surface area contributed by atoms with Gasteiger partial charge in [0.25, 0.3) is 0 Å². The summed E-state index contributed by atoms with van der Waals surface area (Å²) in [6.45, 7) is 7.48. The van der Waals surface area contributed by atoms with Gasteiger partial charge in [-0.15, -0.1) is 0 Å². The largest absolute Gasteiger partial charge is 0.394 e. The van der Waals surface area contributed by atoms with Gasteiger partial charge in [-0.2, -0.15) is 0 Å². The van der Waals surface area contributed by atoms with E-state index in [2.05, 4.69) is 25.3 Å². The summed E-state index contributed by atoms with van der Waals surface area (Å²) in [7, 11) is 0. The first-order valence-corrected chi connectivity index (χ1v) is 13.4. The van der Waals surface area contributed by atoms with E-state index in [4.69, 9.17) is 29.2 Å². The first kappa shape index (κ1) is 33.9. The zero-order chi connectivity index (χ0) is 30.8. The molecule has 4 rings (SSSR count). The summed E-state index contributed by atoms with van der Waals surface area (Å²) in [4.78, 5) is 0. The zero-order valence-electron chi connectivity index (χ0n) is 23.0. The Labute approximate surface area is 243 Å². The minimum atomic E-state index is -1.72. The molecule has 12 nitrogen and oxygen atoms in total. The maximum atomic E-state index is 9.84. The summed E-state index contributed by atoms with van der Waals surface area (Å²) in [6, 6.07) is 16.3. The molecule has 0 amide bonds. The summed E-state index contributed by atoms with van der Waals surface area (Å²) < 4.78 is 21.1. The molecule has 12 heteroatoms. The molecule has 42 heavy (non-hydrogen) atoms. The van der Waals surface area contributed by atoms with Gasteiger partial charge in [0.05, 0.1) is 26.4 Å². The molecule has 0 aromatic heterocycles. The highest BCUT2D eigenvalue weighted by Gasteiger charge is 2.49. The smallest absolute Gasteiger partial charge is 0.189 e. The third-order valence-electron chi connectivity index (χ3n) is 7.03. The van der Waals surface area contributed by atoms with Gasteiger partial charge >= 0.3 is 0 Å². The van der Waals surface area contributed by atoms with E-state index in [9.17, 15) is 30.6 Å². The third kappa shape index (κ3) is 8.29. The molecule has 0 spiro atoms. The van der Waals surface area contributed by atoms with Gasteiger partial charge in [-0.25, -0.2) is 0 Å². The fraction of sp³-hybridized carbons (Fsp3) is 0.467. The maximum Gasteiger partial charge on any atom is 0.189 e. The number of hydrogen-bond acceptors (Lipinski definition) is 12. The van der Waals surface area contributed by atoms with Crippen molar-refractivity contribution in [3.63, 3.8) is 0 Å². The van der Waals surface area contributed by atoms with E-state index in [1.807, 2.05) is 48.6 Å². The van der Waals surface area contributed by atoms with E-state index in [1.165, 1.54) is 0 Å². The van der Waals surface area contributed by atoms with Gasteiger partial charge in [-0.3, -0.25) is 0 Å². The normalized spacial score (nSPS) is 32.9. The van der Waals surface area contributed by atoms with Gasteiger partial charge in [0.2, 0.25) is 0 Å². The molecule has 2 aromatic rings. The van der Waals surface area contributed by atoms with Crippen LogP contribution in [0.4, 0.5) is 0 Å². The van der Waals surface area contributed by atoms with Crippen molar-refractivity contribution in [2.75, 3.05) is 13.2 Å². The quantitative estimate of drug-likeness (QED) is 0.173. The Bertz CT molecular complexity index is 1040. The van der Waals surface area contributed by atoms with Crippen LogP contribution in [0.15, 0.2) is 61.7 Å². The van der Waals surface area contributed by atoms with Crippen LogP contribution >= 0.6 is 0 Å². The molecule has 0 unspecified atom stereocenters. The zero-order valence-corrected chi connectivity index (χ0v) is 23.0. The number of ether oxygens (including phenoxy) is 4. The highest BCUT2D eigenvalue weighted by Crippen LogP contribution is 2.28. The second-order valence-electron chi connectivity index (χ2n) is 9.83. The molecular formula is C30H40O12. The van der Waals surface area contributed by atoms with Crippen molar-refractivity contribution in [1.82, 2.24) is 0 Å². The van der Waals surface area contributed by atoms with Crippen molar-refractivity contribution < 1.29 is 59.8 Å². The molecule has 232 valence electrons. The van der Waals surface area contributed by atoms with Crippen LogP contribution in [-0.4, -0.2) is 115 Å². The van der Waals surface area contributed by atoms with E-state index in [-0.39, 0.29) is 0 Å². The van der Waals surface area contributed by atoms with Gasteiger partial charge in [-0.1, -0.05) is 73.8 Å². The Hall–Kier alpha value is -2.56. The molecule has 0 bridgehead atoms. The fourth-order valence-electron chi connectivity index (χ4n) is 4.49. The number of hydrogen-bond donors (Lipinski definition) is 8. The molecule has 0 saturated carbocycles. The van der Waals surface area contributed by atoms with Crippen molar-refractivity contribution >= 4 is 12.2 Å². The van der Waals surface area contributed by atoms with Gasteiger partial charge in [0.1, 0.15) is 48.8 Å². The molecule has 0 radical (unpaired) electrons. The Kier molecular flexibility index (Phi) is 13.2. The Morgan fingerprint density at radius 1 is 0.595 bits per heavy atom. The lowest BCUT2D eigenvalue weighted by Crippen LogP contribution is -2.63. The lowest BCUT2D eigenvalue weighted by atomic mass is 9.98. The van der Waals surface area contributed by atoms with Gasteiger partial charge < -0.3 is 59.8 Å². The monoisotopic (exact) mass is 592 g/mol. The average molecular weight is 593 g/mol. The third-order valence-corrected chi connectivity index (χ3v) is 7.03. The molecular weight excluding hydrogens is 552 g/mol. The van der Waals surface area contributed by atoms with Gasteiger partial charge in [0, 0.05) is 0 Å². The van der Waals surface area contributed by atoms with Crippen LogP contribution in [0.1, 0.15) is 22.3 Å². The minimum absolute atomic E-state index is 0.591. The summed E-state index contributed by atoms with van der Waals surface area (Å²) in [6.07, 6.45) is -11.9. The molecule has 2 aliphatic heterocycles. The van der Waals surface area contributed by atoms with Crippen molar-refractivity contribution in [1.29, 1.82) is 0 Å². The second kappa shape index (κ2) is 16.3. The summed E-state index contributed by atoms with van der Waals surface area (Å²) in [5.41, 5.74) is 4.57. The van der Waals surface area contributed by atoms with Crippen molar-refractivity contribution in [3.8, 4) is 0 Å². The predicted octanol–water partition coefficient (Wildman–Crippen LogP) is -0.708. The first-order chi connectivity index (χ1) is 20.2. The molecule has 2 heterocycles. The van der Waals surface area contributed by atoms with Crippen LogP contribution in [0.25, 0.3) is 12.2 Å². The number of aliphatic hydroxyl groups excluding tert-OH is 8. The molecule has 2 saturated heterocycles. The van der Waals surface area contributed by atoms with Crippen LogP contribution in [-0.2, 0) is 32.2 Å². The number of aliphatic hydroxyl groups is 8. The average Bonchev–Trinajstić information content (AvgIpc) is 3.02. The Morgan fingerprint density at radius 2 is 0.976 bits per heavy atom. The Morgan fingerprint density at radius 3 is 1.33 bits per heavy atom. The van der Waals surface area contributed by atoms with Crippen LogP contribution in [0.3, 0.4) is 0 Å². The lowest BCUT2D eigenvalue weighted by molar-refractivity contribution is -0.376. The maximum absolute atomic E-state index is 9.84. The summed E-state index contributed by atoms with van der Waals surface area (Å²) in [5.74, 6) is 0. The summed E-state index contributed by atoms with van der Waals surface area (Å²) >= 11 is 0. The SMILES string of the molecule is C=Cc1ccccc1COCc1ccccc1C=C.OC[C@H]1O[C@H](O[C@H]2O[C@H](CO)[C@@H](O)[C@H](O)[C@H]2O)[C@H](O)[C@@H](O)[C@@H]1O. The molecule has 2 aromatic carbocycles. The molecule has 2 aliphatic rings. The van der Waals surface area contributed by atoms with E-state index >= 15 is 0 Å². The van der Waals surface area contributed by atoms with E-state index in [1.54, 1.807) is 0 Å². The topological polar surface area (TPSA) is 199 Å². The van der Waals surface area contributed by atoms with Crippen molar-refractivity contribution in [2.45, 2.75) is 74.6 Å². The highest BCUT2D eigenvalue weighted by atomic mass is 16.8. The van der Waals surface area contributed by atoms with Gasteiger partial charge in [-0.05, 0) is 22.3 Å². The molecule has 10 atom stereocenters. The van der Waals surface area contributed by atoms with Gasteiger partial charge in [0.15, 0.2) is 12.6 Å². The van der Waals surface area contributed by atoms with Crippen LogP contribution in [0.5, 0.6) is 0 Å². The number of rotatable bonds is 10. The predicted molar refractivity (Wildman–Crippen MR) is 150 cm³/mol. The van der Waals surface area contributed by atoms with E-state index in [0.717, 1.165) is 22.3 Å². The van der Waals surface area contributed by atoms with Crippen LogP contribution in [0.2, 0.25) is 0 Å². The Balaban J connectivity index is 0.000000235. The van der Waals surface area contributed by atoms with Crippen LogP contribution in [0, 0.1) is 0 Å². The first-order valence-electron chi connectivity index (χ1n) is 13.4. The van der Waals surface area contributed by atoms with E-state index < -0.39 is 74.6 Å². The molecule has 2 fully saturated rings. The molecule has 0 aliphatic carbocycles. The van der Waals surface area contributed by atoms with Crippen molar-refractivity contribution in [3.05, 3.63) is 83.9 Å². The summed E-state index contributed by atoms with van der Waals surface area (Å²) in [5, 5.41) is 76.4. The molecule has 8 N–H and O–H groups in total. The standard InChI is InChI=1S/C18H18O.C12H22O11/c1-3-15-9-5-7-11-17(15)13-19-14-18-12-8-6-10-16(18)4-2;13-1-3-5(15)7(17)9(19)11(21-3)23-12-10(20)8(18)6(16)4(2-14)22-12/h3-12H,1-2,13-14H2;3-20H,1-2H2/t;3-,4-,5-,6-,7+,8+,9-,10-,11-,12-/m.1/s1. The second-order valence-corrected chi connectivity index (χ2v) is 9.83. The minimum Gasteiger partial charge on any atom is -0.394 e. The fourth-order valence-corrected chi connectivity index (χ4v) is 4.49. The van der Waals surface area contributed by atoms with Crippen molar-refractivity contribution in [2.24, 2.45) is 0 Å². The lowest BCUT2D eigenvalue weighted by Gasteiger charge is -2.44. The van der Waals surface area contributed by atoms with E-state index in [0.29, 0.717) is 13.2 Å². The highest BCUT2D eigenvalue weighted by molar-refractivity contribution is 5.52.